The largest absolute Gasteiger partial charge is 0.312 e. The Labute approximate surface area is 120 Å². The van der Waals surface area contributed by atoms with Gasteiger partial charge in [0, 0.05) is 11.5 Å². The van der Waals surface area contributed by atoms with E-state index in [9.17, 15) is 4.39 Å². The Morgan fingerprint density at radius 3 is 2.30 bits per heavy atom. The van der Waals surface area contributed by atoms with Gasteiger partial charge >= 0.3 is 0 Å². The molecule has 0 fully saturated rings. The Hall–Kier alpha value is -1.67. The Morgan fingerprint density at radius 2 is 1.70 bits per heavy atom. The standard InChI is InChI=1S/C18H22FN/c1-13-10-11-15(19)12-16(13)17(20-4)18(2,3)14-8-6-5-7-9-14/h5-12,17,20H,1-4H3. The second-order valence-corrected chi connectivity index (χ2v) is 5.81. The number of nitrogens with one attached hydrogen (secondary N) is 1. The number of hydrogen-bond acceptors (Lipinski definition) is 1. The van der Waals surface area contributed by atoms with Crippen molar-refractivity contribution in [3.8, 4) is 0 Å². The zero-order valence-electron chi connectivity index (χ0n) is 12.6. The fourth-order valence-corrected chi connectivity index (χ4v) is 2.86. The number of aryl methyl sites for hydroxylation is 1. The van der Waals surface area contributed by atoms with Crippen LogP contribution < -0.4 is 5.32 Å². The van der Waals surface area contributed by atoms with Crippen LogP contribution in [0.25, 0.3) is 0 Å². The normalized spacial score (nSPS) is 13.2. The van der Waals surface area contributed by atoms with Gasteiger partial charge in [0.05, 0.1) is 0 Å². The van der Waals surface area contributed by atoms with Crippen LogP contribution in [0.4, 0.5) is 4.39 Å². The monoisotopic (exact) mass is 271 g/mol. The molecule has 0 radical (unpaired) electrons. The summed E-state index contributed by atoms with van der Waals surface area (Å²) >= 11 is 0. The predicted octanol–water partition coefficient (Wildman–Crippen LogP) is 4.37. The molecule has 2 rings (SSSR count). The Kier molecular flexibility index (Phi) is 4.24. The zero-order chi connectivity index (χ0) is 14.8. The maximum atomic E-state index is 13.6. The lowest BCUT2D eigenvalue weighted by molar-refractivity contribution is 0.366. The summed E-state index contributed by atoms with van der Waals surface area (Å²) in [4.78, 5) is 0. The molecule has 1 nitrogen and oxygen atoms in total. The van der Waals surface area contributed by atoms with Crippen LogP contribution in [-0.4, -0.2) is 7.05 Å². The number of benzene rings is 2. The summed E-state index contributed by atoms with van der Waals surface area (Å²) in [5, 5.41) is 3.36. The van der Waals surface area contributed by atoms with Crippen molar-refractivity contribution < 1.29 is 4.39 Å². The van der Waals surface area contributed by atoms with Gasteiger partial charge in [0.1, 0.15) is 5.82 Å². The molecule has 0 aliphatic rings. The first-order valence-corrected chi connectivity index (χ1v) is 6.95. The molecule has 0 amide bonds. The zero-order valence-corrected chi connectivity index (χ0v) is 12.6. The van der Waals surface area contributed by atoms with Gasteiger partial charge in [-0.15, -0.1) is 0 Å². The smallest absolute Gasteiger partial charge is 0.123 e. The minimum absolute atomic E-state index is 0.0561. The van der Waals surface area contributed by atoms with Crippen molar-refractivity contribution in [2.45, 2.75) is 32.2 Å². The quantitative estimate of drug-likeness (QED) is 0.870. The van der Waals surface area contributed by atoms with E-state index in [1.165, 1.54) is 11.6 Å². The number of halogens is 1. The van der Waals surface area contributed by atoms with Gasteiger partial charge in [-0.3, -0.25) is 0 Å². The van der Waals surface area contributed by atoms with Crippen LogP contribution in [0.2, 0.25) is 0 Å². The van der Waals surface area contributed by atoms with E-state index < -0.39 is 0 Å². The number of likely N-dealkylation sites (N-methyl/N-ethyl adjacent to an activating group) is 1. The van der Waals surface area contributed by atoms with Crippen molar-refractivity contribution in [1.29, 1.82) is 0 Å². The molecule has 0 saturated heterocycles. The van der Waals surface area contributed by atoms with Crippen LogP contribution in [0.3, 0.4) is 0 Å². The van der Waals surface area contributed by atoms with Crippen LogP contribution in [0.5, 0.6) is 0 Å². The molecule has 1 unspecified atom stereocenters. The summed E-state index contributed by atoms with van der Waals surface area (Å²) in [6.07, 6.45) is 0. The van der Waals surface area contributed by atoms with E-state index in [4.69, 9.17) is 0 Å². The predicted molar refractivity (Wildman–Crippen MR) is 82.4 cm³/mol. The second kappa shape index (κ2) is 5.76. The average Bonchev–Trinajstić information content (AvgIpc) is 2.44. The topological polar surface area (TPSA) is 12.0 Å². The molecule has 0 spiro atoms. The highest BCUT2D eigenvalue weighted by molar-refractivity contribution is 5.36. The van der Waals surface area contributed by atoms with E-state index in [1.54, 1.807) is 6.07 Å². The summed E-state index contributed by atoms with van der Waals surface area (Å²) in [6.45, 7) is 6.40. The number of rotatable bonds is 4. The van der Waals surface area contributed by atoms with Gasteiger partial charge in [0.25, 0.3) is 0 Å². The second-order valence-electron chi connectivity index (χ2n) is 5.81. The van der Waals surface area contributed by atoms with E-state index in [1.807, 2.05) is 38.2 Å². The fraction of sp³-hybridized carbons (Fsp3) is 0.333. The maximum Gasteiger partial charge on any atom is 0.123 e. The molecule has 2 heteroatoms. The third-order valence-electron chi connectivity index (χ3n) is 4.08. The lowest BCUT2D eigenvalue weighted by Gasteiger charge is -2.36. The first kappa shape index (κ1) is 14.7. The molecule has 20 heavy (non-hydrogen) atoms. The van der Waals surface area contributed by atoms with Crippen molar-refractivity contribution in [1.82, 2.24) is 5.32 Å². The first-order chi connectivity index (χ1) is 9.46. The molecular formula is C18H22FN. The summed E-state index contributed by atoms with van der Waals surface area (Å²) < 4.78 is 13.6. The molecule has 0 saturated carbocycles. The lowest BCUT2D eigenvalue weighted by Crippen LogP contribution is -2.36. The SMILES string of the molecule is CNC(c1cc(F)ccc1C)C(C)(C)c1ccccc1. The van der Waals surface area contributed by atoms with Crippen molar-refractivity contribution in [2.75, 3.05) is 7.05 Å². The van der Waals surface area contributed by atoms with Crippen LogP contribution in [-0.2, 0) is 5.41 Å². The van der Waals surface area contributed by atoms with E-state index in [0.717, 1.165) is 11.1 Å². The van der Waals surface area contributed by atoms with E-state index in [2.05, 4.69) is 31.3 Å². The average molecular weight is 271 g/mol. The third-order valence-corrected chi connectivity index (χ3v) is 4.08. The van der Waals surface area contributed by atoms with Crippen molar-refractivity contribution in [2.24, 2.45) is 0 Å². The molecule has 1 N–H and O–H groups in total. The lowest BCUT2D eigenvalue weighted by atomic mass is 9.74. The van der Waals surface area contributed by atoms with Gasteiger partial charge in [-0.05, 0) is 42.8 Å². The summed E-state index contributed by atoms with van der Waals surface area (Å²) in [7, 11) is 1.93. The fourth-order valence-electron chi connectivity index (χ4n) is 2.86. The molecule has 0 aliphatic heterocycles. The minimum atomic E-state index is -0.185. The molecule has 2 aromatic rings. The van der Waals surface area contributed by atoms with Gasteiger partial charge in [0.15, 0.2) is 0 Å². The summed E-state index contributed by atoms with van der Waals surface area (Å²) in [6, 6.07) is 15.4. The maximum absolute atomic E-state index is 13.6. The summed E-state index contributed by atoms with van der Waals surface area (Å²) in [5.41, 5.74) is 3.23. The van der Waals surface area contributed by atoms with E-state index in [-0.39, 0.29) is 17.3 Å². The van der Waals surface area contributed by atoms with E-state index in [0.29, 0.717) is 0 Å². The highest BCUT2D eigenvalue weighted by Gasteiger charge is 2.32. The van der Waals surface area contributed by atoms with Gasteiger partial charge in [-0.25, -0.2) is 4.39 Å². The Balaban J connectivity index is 2.49. The first-order valence-electron chi connectivity index (χ1n) is 6.95. The molecule has 1 atom stereocenters. The molecule has 0 aliphatic carbocycles. The molecule has 0 bridgehead atoms. The number of hydrogen-bond donors (Lipinski definition) is 1. The molecule has 2 aromatic carbocycles. The van der Waals surface area contributed by atoms with Crippen molar-refractivity contribution >= 4 is 0 Å². The Morgan fingerprint density at radius 1 is 1.05 bits per heavy atom. The van der Waals surface area contributed by atoms with Crippen LogP contribution in [0, 0.1) is 12.7 Å². The van der Waals surface area contributed by atoms with Crippen LogP contribution >= 0.6 is 0 Å². The van der Waals surface area contributed by atoms with Gasteiger partial charge in [0.2, 0.25) is 0 Å². The van der Waals surface area contributed by atoms with Crippen LogP contribution in [0.15, 0.2) is 48.5 Å². The molecular weight excluding hydrogens is 249 g/mol. The van der Waals surface area contributed by atoms with Gasteiger partial charge in [-0.1, -0.05) is 50.2 Å². The molecule has 0 heterocycles. The molecule has 106 valence electrons. The van der Waals surface area contributed by atoms with E-state index >= 15 is 0 Å². The van der Waals surface area contributed by atoms with Gasteiger partial charge < -0.3 is 5.32 Å². The van der Waals surface area contributed by atoms with Crippen molar-refractivity contribution in [3.05, 3.63) is 71.0 Å². The summed E-state index contributed by atoms with van der Waals surface area (Å²) in [5.74, 6) is -0.185. The Bertz CT molecular complexity index is 575. The highest BCUT2D eigenvalue weighted by atomic mass is 19.1. The minimum Gasteiger partial charge on any atom is -0.312 e. The van der Waals surface area contributed by atoms with Crippen LogP contribution in [0.1, 0.15) is 36.6 Å². The molecule has 0 aromatic heterocycles. The van der Waals surface area contributed by atoms with Crippen molar-refractivity contribution in [3.63, 3.8) is 0 Å². The highest BCUT2D eigenvalue weighted by Crippen LogP contribution is 2.37. The van der Waals surface area contributed by atoms with Gasteiger partial charge in [-0.2, -0.15) is 0 Å². The third kappa shape index (κ3) is 2.75.